The van der Waals surface area contributed by atoms with Crippen LogP contribution in [0.4, 0.5) is 0 Å². The minimum Gasteiger partial charge on any atom is -0.497 e. The van der Waals surface area contributed by atoms with Crippen LogP contribution in [0.15, 0.2) is 24.3 Å². The van der Waals surface area contributed by atoms with Crippen molar-refractivity contribution in [3.8, 4) is 5.75 Å². The Balaban J connectivity index is 1.53. The van der Waals surface area contributed by atoms with Crippen molar-refractivity contribution in [2.75, 3.05) is 20.2 Å². The lowest BCUT2D eigenvalue weighted by atomic mass is 9.88. The summed E-state index contributed by atoms with van der Waals surface area (Å²) >= 11 is 0. The molecule has 7 nitrogen and oxygen atoms in total. The van der Waals surface area contributed by atoms with E-state index in [2.05, 4.69) is 0 Å². The van der Waals surface area contributed by atoms with Gasteiger partial charge in [-0.2, -0.15) is 0 Å². The molecule has 26 heavy (non-hydrogen) atoms. The number of methoxy groups -OCH3 is 1. The Hall–Kier alpha value is -2.41. The molecule has 2 aliphatic heterocycles. The number of carboxylic acid groups (broad SMARTS) is 1. The number of ketones is 1. The molecule has 1 amide bonds. The topological polar surface area (TPSA) is 93.1 Å². The summed E-state index contributed by atoms with van der Waals surface area (Å²) in [6, 6.07) is 7.05. The van der Waals surface area contributed by atoms with Gasteiger partial charge in [0.2, 0.25) is 0 Å². The molecule has 0 bridgehead atoms. The van der Waals surface area contributed by atoms with Crippen LogP contribution in [0.2, 0.25) is 0 Å². The molecule has 1 N–H and O–H groups in total. The van der Waals surface area contributed by atoms with Crippen LogP contribution in [0.3, 0.4) is 0 Å². The summed E-state index contributed by atoms with van der Waals surface area (Å²) in [7, 11) is 1.58. The Morgan fingerprint density at radius 2 is 1.65 bits per heavy atom. The summed E-state index contributed by atoms with van der Waals surface area (Å²) in [4.78, 5) is 37.7. The van der Waals surface area contributed by atoms with E-state index in [1.807, 2.05) is 0 Å². The number of rotatable bonds is 5. The van der Waals surface area contributed by atoms with Crippen LogP contribution in [0, 0.1) is 5.92 Å². The maximum absolute atomic E-state index is 12.6. The Bertz CT molecular complexity index is 678. The van der Waals surface area contributed by atoms with Gasteiger partial charge in [0.15, 0.2) is 11.9 Å². The maximum atomic E-state index is 12.6. The highest BCUT2D eigenvalue weighted by atomic mass is 16.5. The lowest BCUT2D eigenvalue weighted by Crippen LogP contribution is -2.45. The van der Waals surface area contributed by atoms with Gasteiger partial charge in [0.1, 0.15) is 11.9 Å². The molecule has 0 unspecified atom stereocenters. The van der Waals surface area contributed by atoms with E-state index in [4.69, 9.17) is 14.6 Å². The SMILES string of the molecule is COc1ccc(C(=O)C2CCN(C(=O)[C@@H]3CC[C@H](C(=O)O)O3)CC2)cc1. The van der Waals surface area contributed by atoms with Crippen molar-refractivity contribution in [2.24, 2.45) is 5.92 Å². The lowest BCUT2D eigenvalue weighted by Gasteiger charge is -2.32. The largest absolute Gasteiger partial charge is 0.497 e. The van der Waals surface area contributed by atoms with Crippen LogP contribution in [0.25, 0.3) is 0 Å². The van der Waals surface area contributed by atoms with Gasteiger partial charge in [-0.05, 0) is 49.9 Å². The number of aliphatic carboxylic acids is 1. The van der Waals surface area contributed by atoms with Crippen LogP contribution >= 0.6 is 0 Å². The highest BCUT2D eigenvalue weighted by molar-refractivity contribution is 5.98. The number of nitrogens with zero attached hydrogens (tertiary/aromatic N) is 1. The molecule has 0 aliphatic carbocycles. The molecule has 0 aromatic heterocycles. The summed E-state index contributed by atoms with van der Waals surface area (Å²) < 4.78 is 10.4. The third kappa shape index (κ3) is 3.88. The van der Waals surface area contributed by atoms with Crippen molar-refractivity contribution < 1.29 is 29.0 Å². The molecule has 2 atom stereocenters. The highest BCUT2D eigenvalue weighted by Gasteiger charge is 2.38. The first-order chi connectivity index (χ1) is 12.5. The summed E-state index contributed by atoms with van der Waals surface area (Å²) in [5, 5.41) is 8.96. The number of hydrogen-bond donors (Lipinski definition) is 1. The van der Waals surface area contributed by atoms with E-state index >= 15 is 0 Å². The number of carboxylic acids is 1. The molecule has 2 aliphatic rings. The standard InChI is InChI=1S/C19H23NO6/c1-25-14-4-2-12(3-5-14)17(21)13-8-10-20(11-9-13)18(22)15-6-7-16(26-15)19(23)24/h2-5,13,15-16H,6-11H2,1H3,(H,23,24)/t15-,16+/m0/s1. The van der Waals surface area contributed by atoms with Gasteiger partial charge in [-0.1, -0.05) is 0 Å². The minimum atomic E-state index is -1.02. The van der Waals surface area contributed by atoms with Crippen molar-refractivity contribution in [2.45, 2.75) is 37.9 Å². The third-order valence-corrected chi connectivity index (χ3v) is 5.12. The van der Waals surface area contributed by atoms with Gasteiger partial charge >= 0.3 is 5.97 Å². The smallest absolute Gasteiger partial charge is 0.332 e. The number of amides is 1. The predicted molar refractivity (Wildman–Crippen MR) is 92.2 cm³/mol. The second kappa shape index (κ2) is 7.86. The van der Waals surface area contributed by atoms with Gasteiger partial charge < -0.3 is 19.5 Å². The molecule has 0 radical (unpaired) electrons. The first kappa shape index (κ1) is 18.4. The van der Waals surface area contributed by atoms with E-state index in [1.165, 1.54) is 0 Å². The Morgan fingerprint density at radius 1 is 1.04 bits per heavy atom. The number of carbonyl (C=O) groups excluding carboxylic acids is 2. The molecular formula is C19H23NO6. The number of likely N-dealkylation sites (tertiary alicyclic amines) is 1. The zero-order valence-corrected chi connectivity index (χ0v) is 14.7. The molecule has 1 aromatic carbocycles. The Morgan fingerprint density at radius 3 is 2.19 bits per heavy atom. The zero-order valence-electron chi connectivity index (χ0n) is 14.7. The van der Waals surface area contributed by atoms with Gasteiger partial charge in [0.05, 0.1) is 7.11 Å². The average molecular weight is 361 g/mol. The van der Waals surface area contributed by atoms with Crippen LogP contribution in [-0.2, 0) is 14.3 Å². The van der Waals surface area contributed by atoms with Gasteiger partial charge in [0.25, 0.3) is 5.91 Å². The first-order valence-corrected chi connectivity index (χ1v) is 8.85. The number of piperidine rings is 1. The molecule has 3 rings (SSSR count). The minimum absolute atomic E-state index is 0.0859. The summed E-state index contributed by atoms with van der Waals surface area (Å²) in [6.45, 7) is 0.978. The lowest BCUT2D eigenvalue weighted by molar-refractivity contribution is -0.155. The molecule has 0 saturated carbocycles. The fraction of sp³-hybridized carbons (Fsp3) is 0.526. The molecule has 7 heteroatoms. The molecule has 0 spiro atoms. The highest BCUT2D eigenvalue weighted by Crippen LogP contribution is 2.26. The van der Waals surface area contributed by atoms with E-state index in [1.54, 1.807) is 36.3 Å². The molecule has 2 heterocycles. The first-order valence-electron chi connectivity index (χ1n) is 8.85. The van der Waals surface area contributed by atoms with Crippen LogP contribution < -0.4 is 4.74 Å². The number of hydrogen-bond acceptors (Lipinski definition) is 5. The maximum Gasteiger partial charge on any atom is 0.332 e. The fourth-order valence-electron chi connectivity index (χ4n) is 3.56. The third-order valence-electron chi connectivity index (χ3n) is 5.12. The molecule has 2 fully saturated rings. The molecular weight excluding hydrogens is 338 g/mol. The Labute approximate surface area is 151 Å². The fourth-order valence-corrected chi connectivity index (χ4v) is 3.56. The monoisotopic (exact) mass is 361 g/mol. The van der Waals surface area contributed by atoms with E-state index in [0.717, 1.165) is 0 Å². The number of carbonyl (C=O) groups is 3. The van der Waals surface area contributed by atoms with Crippen LogP contribution in [0.1, 0.15) is 36.0 Å². The normalized spacial score (nSPS) is 23.7. The quantitative estimate of drug-likeness (QED) is 0.803. The van der Waals surface area contributed by atoms with E-state index in [-0.39, 0.29) is 17.6 Å². The second-order valence-electron chi connectivity index (χ2n) is 6.72. The number of Topliss-reactive ketones (excluding diaryl/α,β-unsaturated/α-hetero) is 1. The predicted octanol–water partition coefficient (Wildman–Crippen LogP) is 1.75. The van der Waals surface area contributed by atoms with Crippen molar-refractivity contribution in [3.05, 3.63) is 29.8 Å². The summed E-state index contributed by atoms with van der Waals surface area (Å²) in [6.07, 6.45) is 0.429. The van der Waals surface area contributed by atoms with Gasteiger partial charge in [-0.15, -0.1) is 0 Å². The summed E-state index contributed by atoms with van der Waals surface area (Å²) in [5.74, 6) is -0.502. The van der Waals surface area contributed by atoms with E-state index in [9.17, 15) is 14.4 Å². The van der Waals surface area contributed by atoms with Crippen molar-refractivity contribution in [1.82, 2.24) is 4.90 Å². The van der Waals surface area contributed by atoms with Crippen molar-refractivity contribution >= 4 is 17.7 Å². The second-order valence-corrected chi connectivity index (χ2v) is 6.72. The van der Waals surface area contributed by atoms with E-state index in [0.29, 0.717) is 50.1 Å². The summed E-state index contributed by atoms with van der Waals surface area (Å²) in [5.41, 5.74) is 0.652. The molecule has 1 aromatic rings. The average Bonchev–Trinajstić information content (AvgIpc) is 3.17. The Kier molecular flexibility index (Phi) is 5.56. The molecule has 2 saturated heterocycles. The van der Waals surface area contributed by atoms with Gasteiger partial charge in [-0.25, -0.2) is 4.79 Å². The van der Waals surface area contributed by atoms with Crippen molar-refractivity contribution in [3.63, 3.8) is 0 Å². The number of benzene rings is 1. The zero-order chi connectivity index (χ0) is 18.7. The van der Waals surface area contributed by atoms with Crippen LogP contribution in [0.5, 0.6) is 5.75 Å². The van der Waals surface area contributed by atoms with Gasteiger partial charge in [-0.3, -0.25) is 9.59 Å². The van der Waals surface area contributed by atoms with Crippen molar-refractivity contribution in [1.29, 1.82) is 0 Å². The molecule has 140 valence electrons. The number of ether oxygens (including phenoxy) is 2. The van der Waals surface area contributed by atoms with Crippen LogP contribution in [-0.4, -0.2) is 60.1 Å². The van der Waals surface area contributed by atoms with E-state index < -0.39 is 18.2 Å². The van der Waals surface area contributed by atoms with Gasteiger partial charge in [0, 0.05) is 24.6 Å².